The number of rotatable bonds is 10. The summed E-state index contributed by atoms with van der Waals surface area (Å²) in [7, 11) is 0. The van der Waals surface area contributed by atoms with Gasteiger partial charge in [0, 0.05) is 24.8 Å². The van der Waals surface area contributed by atoms with Gasteiger partial charge in [-0.3, -0.25) is 14.4 Å². The predicted octanol–water partition coefficient (Wildman–Crippen LogP) is 2.43. The van der Waals surface area contributed by atoms with Crippen molar-refractivity contribution in [3.63, 3.8) is 0 Å². The van der Waals surface area contributed by atoms with Crippen molar-refractivity contribution in [2.45, 2.75) is 56.4 Å². The molecule has 0 bridgehead atoms. The molecule has 3 rings (SSSR count). The van der Waals surface area contributed by atoms with E-state index >= 15 is 0 Å². The van der Waals surface area contributed by atoms with Crippen LogP contribution in [-0.2, 0) is 27.0 Å². The number of hydrogen-bond donors (Lipinski definition) is 4. The Hall–Kier alpha value is -3.44. The zero-order chi connectivity index (χ0) is 27.0. The zero-order valence-electron chi connectivity index (χ0n) is 20.3. The SMILES string of the molecule is NCC1CCCN1C(=O)C[C@H](N)C(=O)N[C@@H](CCc1ccccc1)C(=O)Nc1cccc(C(F)(F)F)c1. The van der Waals surface area contributed by atoms with Gasteiger partial charge < -0.3 is 27.0 Å². The van der Waals surface area contributed by atoms with Crippen molar-refractivity contribution in [2.75, 3.05) is 18.4 Å². The van der Waals surface area contributed by atoms with E-state index in [0.29, 0.717) is 19.5 Å². The summed E-state index contributed by atoms with van der Waals surface area (Å²) in [4.78, 5) is 40.2. The highest BCUT2D eigenvalue weighted by Gasteiger charge is 2.32. The quantitative estimate of drug-likeness (QED) is 0.383. The maximum atomic E-state index is 13.1. The molecule has 1 saturated heterocycles. The van der Waals surface area contributed by atoms with Gasteiger partial charge >= 0.3 is 6.18 Å². The molecule has 2 aromatic carbocycles. The van der Waals surface area contributed by atoms with Crippen molar-refractivity contribution >= 4 is 23.4 Å². The van der Waals surface area contributed by atoms with Crippen LogP contribution < -0.4 is 22.1 Å². The number of amides is 3. The van der Waals surface area contributed by atoms with Gasteiger partial charge in [0.25, 0.3) is 0 Å². The molecular formula is C26H32F3N5O3. The van der Waals surface area contributed by atoms with Crippen LogP contribution in [0.3, 0.4) is 0 Å². The molecule has 0 radical (unpaired) electrons. The van der Waals surface area contributed by atoms with Gasteiger partial charge in [-0.2, -0.15) is 13.2 Å². The van der Waals surface area contributed by atoms with Gasteiger partial charge in [-0.05, 0) is 49.4 Å². The Morgan fingerprint density at radius 3 is 2.46 bits per heavy atom. The molecule has 3 atom stereocenters. The van der Waals surface area contributed by atoms with E-state index in [1.165, 1.54) is 12.1 Å². The molecule has 0 spiro atoms. The number of nitrogens with one attached hydrogen (secondary N) is 2. The number of hydrogen-bond acceptors (Lipinski definition) is 5. The third kappa shape index (κ3) is 8.02. The van der Waals surface area contributed by atoms with Crippen LogP contribution in [0.15, 0.2) is 54.6 Å². The second-order valence-electron chi connectivity index (χ2n) is 9.08. The average molecular weight is 520 g/mol. The van der Waals surface area contributed by atoms with Crippen LogP contribution in [0.25, 0.3) is 0 Å². The highest BCUT2D eigenvalue weighted by molar-refractivity contribution is 5.98. The van der Waals surface area contributed by atoms with Gasteiger partial charge in [0.1, 0.15) is 6.04 Å². The standard InChI is InChI=1S/C26H32F3N5O3/c27-26(28,29)18-8-4-9-19(14-18)32-25(37)22(12-11-17-6-2-1-3-7-17)33-24(36)21(31)15-23(35)34-13-5-10-20(34)16-30/h1-4,6-9,14,20-22H,5,10-13,15-16,30-31H2,(H,32,37)(H,33,36)/t20?,21-,22-/m0/s1. The second-order valence-corrected chi connectivity index (χ2v) is 9.08. The van der Waals surface area contributed by atoms with Crippen LogP contribution >= 0.6 is 0 Å². The number of nitrogens with zero attached hydrogens (tertiary/aromatic N) is 1. The van der Waals surface area contributed by atoms with Crippen LogP contribution in [0.2, 0.25) is 0 Å². The molecule has 1 aliphatic heterocycles. The number of nitrogens with two attached hydrogens (primary N) is 2. The number of alkyl halides is 3. The fourth-order valence-corrected chi connectivity index (χ4v) is 4.31. The summed E-state index contributed by atoms with van der Waals surface area (Å²) in [6.45, 7) is 0.874. The minimum absolute atomic E-state index is 0.0554. The van der Waals surface area contributed by atoms with E-state index in [1.54, 1.807) is 4.90 Å². The number of carbonyl (C=O) groups excluding carboxylic acids is 3. The normalized spacial score (nSPS) is 17.2. The molecule has 2 aromatic rings. The van der Waals surface area contributed by atoms with E-state index in [0.717, 1.165) is 30.5 Å². The van der Waals surface area contributed by atoms with Gasteiger partial charge in [0.2, 0.25) is 17.7 Å². The van der Waals surface area contributed by atoms with E-state index in [4.69, 9.17) is 11.5 Å². The van der Waals surface area contributed by atoms with Crippen molar-refractivity contribution < 1.29 is 27.6 Å². The van der Waals surface area contributed by atoms with E-state index in [9.17, 15) is 27.6 Å². The number of likely N-dealkylation sites (tertiary alicyclic amines) is 1. The highest BCUT2D eigenvalue weighted by Crippen LogP contribution is 2.30. The molecule has 1 unspecified atom stereocenters. The zero-order valence-corrected chi connectivity index (χ0v) is 20.3. The largest absolute Gasteiger partial charge is 0.416 e. The van der Waals surface area contributed by atoms with Crippen LogP contribution in [0.5, 0.6) is 0 Å². The molecule has 37 heavy (non-hydrogen) atoms. The molecule has 1 heterocycles. The van der Waals surface area contributed by atoms with E-state index < -0.39 is 35.6 Å². The maximum absolute atomic E-state index is 13.1. The Labute approximate surface area is 213 Å². The molecule has 0 aliphatic carbocycles. The Balaban J connectivity index is 1.68. The highest BCUT2D eigenvalue weighted by atomic mass is 19.4. The third-order valence-corrected chi connectivity index (χ3v) is 6.36. The Kier molecular flexibility index (Phi) is 9.65. The Morgan fingerprint density at radius 1 is 1.05 bits per heavy atom. The number of benzene rings is 2. The second kappa shape index (κ2) is 12.7. The number of halogens is 3. The minimum atomic E-state index is -4.57. The molecule has 1 aliphatic rings. The van der Waals surface area contributed by atoms with E-state index in [-0.39, 0.29) is 30.5 Å². The van der Waals surface area contributed by atoms with Crippen molar-refractivity contribution in [3.05, 3.63) is 65.7 Å². The summed E-state index contributed by atoms with van der Waals surface area (Å²) >= 11 is 0. The van der Waals surface area contributed by atoms with Crippen molar-refractivity contribution in [2.24, 2.45) is 11.5 Å². The summed E-state index contributed by atoms with van der Waals surface area (Å²) in [5, 5.41) is 5.03. The lowest BCUT2D eigenvalue weighted by Crippen LogP contribution is -2.52. The lowest BCUT2D eigenvalue weighted by atomic mass is 10.0. The van der Waals surface area contributed by atoms with Gasteiger partial charge in [-0.15, -0.1) is 0 Å². The van der Waals surface area contributed by atoms with Crippen LogP contribution in [0, 0.1) is 0 Å². The summed E-state index contributed by atoms with van der Waals surface area (Å²) in [6, 6.07) is 11.1. The lowest BCUT2D eigenvalue weighted by Gasteiger charge is -2.25. The topological polar surface area (TPSA) is 131 Å². The number of carbonyl (C=O) groups is 3. The first kappa shape index (κ1) is 28.1. The maximum Gasteiger partial charge on any atom is 0.416 e. The van der Waals surface area contributed by atoms with Gasteiger partial charge in [-0.25, -0.2) is 0 Å². The van der Waals surface area contributed by atoms with Crippen molar-refractivity contribution in [3.8, 4) is 0 Å². The summed E-state index contributed by atoms with van der Waals surface area (Å²) in [5.41, 5.74) is 11.7. The molecular weight excluding hydrogens is 487 g/mol. The molecule has 200 valence electrons. The fourth-order valence-electron chi connectivity index (χ4n) is 4.31. The molecule has 8 nitrogen and oxygen atoms in total. The monoisotopic (exact) mass is 519 g/mol. The number of anilines is 1. The van der Waals surface area contributed by atoms with Gasteiger partial charge in [0.15, 0.2) is 0 Å². The van der Waals surface area contributed by atoms with Crippen LogP contribution in [-0.4, -0.2) is 53.8 Å². The fraction of sp³-hybridized carbons (Fsp3) is 0.423. The first-order valence-corrected chi connectivity index (χ1v) is 12.2. The molecule has 0 aromatic heterocycles. The van der Waals surface area contributed by atoms with Crippen LogP contribution in [0.1, 0.15) is 36.8 Å². The molecule has 0 saturated carbocycles. The van der Waals surface area contributed by atoms with Gasteiger partial charge in [-0.1, -0.05) is 36.4 Å². The average Bonchev–Trinajstić information content (AvgIpc) is 3.36. The Morgan fingerprint density at radius 2 is 1.78 bits per heavy atom. The summed E-state index contributed by atoms with van der Waals surface area (Å²) in [5.74, 6) is -1.68. The van der Waals surface area contributed by atoms with Crippen molar-refractivity contribution in [1.82, 2.24) is 10.2 Å². The predicted molar refractivity (Wildman–Crippen MR) is 133 cm³/mol. The lowest BCUT2D eigenvalue weighted by molar-refractivity contribution is -0.137. The summed E-state index contributed by atoms with van der Waals surface area (Å²) in [6.07, 6.45) is -2.61. The third-order valence-electron chi connectivity index (χ3n) is 6.36. The first-order chi connectivity index (χ1) is 17.6. The molecule has 1 fully saturated rings. The van der Waals surface area contributed by atoms with E-state index in [2.05, 4.69) is 10.6 Å². The molecule has 6 N–H and O–H groups in total. The van der Waals surface area contributed by atoms with Crippen LogP contribution in [0.4, 0.5) is 18.9 Å². The minimum Gasteiger partial charge on any atom is -0.343 e. The van der Waals surface area contributed by atoms with E-state index in [1.807, 2.05) is 30.3 Å². The number of aryl methyl sites for hydroxylation is 1. The Bertz CT molecular complexity index is 1080. The molecule has 3 amide bonds. The van der Waals surface area contributed by atoms with Crippen molar-refractivity contribution in [1.29, 1.82) is 0 Å². The smallest absolute Gasteiger partial charge is 0.343 e. The summed E-state index contributed by atoms with van der Waals surface area (Å²) < 4.78 is 39.2. The van der Waals surface area contributed by atoms with Gasteiger partial charge in [0.05, 0.1) is 18.0 Å². The first-order valence-electron chi connectivity index (χ1n) is 12.2. The molecule has 11 heteroatoms.